The van der Waals surface area contributed by atoms with Crippen LogP contribution in [-0.4, -0.2) is 31.3 Å². The first-order valence-corrected chi connectivity index (χ1v) is 3.82. The molecular weight excluding hydrogens is 205 g/mol. The molecule has 1 saturated heterocycles. The molecule has 1 fully saturated rings. The molecule has 14 heavy (non-hydrogen) atoms. The van der Waals surface area contributed by atoms with E-state index >= 15 is 0 Å². The molecule has 1 heterocycles. The van der Waals surface area contributed by atoms with Crippen LogP contribution in [0.4, 0.5) is 13.2 Å². The minimum Gasteiger partial charge on any atom is -0.386 e. The molecule has 1 rings (SSSR count). The highest BCUT2D eigenvalue weighted by Crippen LogP contribution is 2.19. The zero-order chi connectivity index (χ0) is 10.8. The van der Waals surface area contributed by atoms with Crippen molar-refractivity contribution in [3.05, 3.63) is 0 Å². The molecule has 1 unspecified atom stereocenters. The van der Waals surface area contributed by atoms with E-state index < -0.39 is 24.0 Å². The van der Waals surface area contributed by atoms with Gasteiger partial charge in [0.05, 0.1) is 12.5 Å². The second-order valence-corrected chi connectivity index (χ2v) is 2.77. The number of carbonyl (C=O) groups excluding carboxylic acids is 2. The molecule has 0 aliphatic carbocycles. The summed E-state index contributed by atoms with van der Waals surface area (Å²) in [6.45, 7) is 0.296. The minimum atomic E-state index is -5.13. The Morgan fingerprint density at radius 3 is 2.43 bits per heavy atom. The smallest absolute Gasteiger partial charge is 0.386 e. The van der Waals surface area contributed by atoms with E-state index in [1.165, 1.54) is 0 Å². The van der Waals surface area contributed by atoms with Crippen molar-refractivity contribution in [3.8, 4) is 0 Å². The average Bonchev–Trinajstić information content (AvgIpc) is 2.53. The molecule has 0 saturated carbocycles. The standard InChI is InChI=1S/C7H7F3O4/c8-7(9,10)6(12)14-5(11)4-1-2-13-3-4/h4H,1-3H2. The van der Waals surface area contributed by atoms with E-state index in [1.54, 1.807) is 0 Å². The number of ether oxygens (including phenoxy) is 2. The van der Waals surface area contributed by atoms with Gasteiger partial charge in [-0.3, -0.25) is 4.79 Å². The van der Waals surface area contributed by atoms with Crippen LogP contribution in [-0.2, 0) is 19.1 Å². The fourth-order valence-electron chi connectivity index (χ4n) is 0.953. The molecule has 80 valence electrons. The fourth-order valence-corrected chi connectivity index (χ4v) is 0.953. The van der Waals surface area contributed by atoms with Crippen LogP contribution in [0.5, 0.6) is 0 Å². The van der Waals surface area contributed by atoms with Gasteiger partial charge in [0.15, 0.2) is 0 Å². The van der Waals surface area contributed by atoms with Crippen molar-refractivity contribution in [1.29, 1.82) is 0 Å². The molecule has 1 atom stereocenters. The monoisotopic (exact) mass is 212 g/mol. The molecular formula is C7H7F3O4. The van der Waals surface area contributed by atoms with Gasteiger partial charge in [0.1, 0.15) is 0 Å². The van der Waals surface area contributed by atoms with Crippen molar-refractivity contribution < 1.29 is 32.2 Å². The number of hydrogen-bond acceptors (Lipinski definition) is 4. The Morgan fingerprint density at radius 1 is 1.36 bits per heavy atom. The van der Waals surface area contributed by atoms with E-state index in [2.05, 4.69) is 4.74 Å². The molecule has 0 bridgehead atoms. The molecule has 0 radical (unpaired) electrons. The van der Waals surface area contributed by atoms with Crippen LogP contribution in [0.2, 0.25) is 0 Å². The molecule has 0 spiro atoms. The Labute approximate surface area is 77.0 Å². The quantitative estimate of drug-likeness (QED) is 0.473. The van der Waals surface area contributed by atoms with Crippen molar-refractivity contribution in [2.45, 2.75) is 12.6 Å². The molecule has 1 aliphatic rings. The molecule has 7 heteroatoms. The van der Waals surface area contributed by atoms with Crippen molar-refractivity contribution in [3.63, 3.8) is 0 Å². The second-order valence-electron chi connectivity index (χ2n) is 2.77. The lowest BCUT2D eigenvalue weighted by Gasteiger charge is -2.08. The Bertz CT molecular complexity index is 242. The average molecular weight is 212 g/mol. The van der Waals surface area contributed by atoms with Crippen molar-refractivity contribution >= 4 is 11.9 Å². The summed E-state index contributed by atoms with van der Waals surface area (Å²) in [7, 11) is 0. The number of halogens is 3. The van der Waals surface area contributed by atoms with Crippen molar-refractivity contribution in [2.75, 3.05) is 13.2 Å². The minimum absolute atomic E-state index is 0.00394. The predicted octanol–water partition coefficient (Wildman–Crippen LogP) is 0.655. The van der Waals surface area contributed by atoms with Crippen LogP contribution < -0.4 is 0 Å². The van der Waals surface area contributed by atoms with Gasteiger partial charge in [-0.2, -0.15) is 13.2 Å². The molecule has 1 aliphatic heterocycles. The maximum atomic E-state index is 11.6. The number of hydrogen-bond donors (Lipinski definition) is 0. The van der Waals surface area contributed by atoms with E-state index in [1.807, 2.05) is 0 Å². The molecule has 0 aromatic heterocycles. The third kappa shape index (κ3) is 2.69. The maximum absolute atomic E-state index is 11.6. The summed E-state index contributed by atoms with van der Waals surface area (Å²) in [4.78, 5) is 21.1. The highest BCUT2D eigenvalue weighted by atomic mass is 19.4. The lowest BCUT2D eigenvalue weighted by Crippen LogP contribution is -2.31. The molecule has 0 aromatic carbocycles. The summed E-state index contributed by atoms with van der Waals surface area (Å²) < 4.78 is 43.3. The largest absolute Gasteiger partial charge is 0.491 e. The molecule has 0 aromatic rings. The first kappa shape index (κ1) is 11.0. The van der Waals surface area contributed by atoms with Crippen LogP contribution in [0.15, 0.2) is 0 Å². The van der Waals surface area contributed by atoms with Crippen molar-refractivity contribution in [1.82, 2.24) is 0 Å². The van der Waals surface area contributed by atoms with Gasteiger partial charge in [-0.15, -0.1) is 0 Å². The zero-order valence-electron chi connectivity index (χ0n) is 6.97. The van der Waals surface area contributed by atoms with Gasteiger partial charge < -0.3 is 9.47 Å². The van der Waals surface area contributed by atoms with E-state index in [4.69, 9.17) is 4.74 Å². The zero-order valence-corrected chi connectivity index (χ0v) is 6.97. The third-order valence-electron chi connectivity index (χ3n) is 1.69. The van der Waals surface area contributed by atoms with Crippen molar-refractivity contribution in [2.24, 2.45) is 5.92 Å². The second kappa shape index (κ2) is 3.95. The summed E-state index contributed by atoms with van der Waals surface area (Å²) in [6.07, 6.45) is -4.85. The van der Waals surface area contributed by atoms with E-state index in [-0.39, 0.29) is 13.0 Å². The highest BCUT2D eigenvalue weighted by Gasteiger charge is 2.43. The first-order valence-electron chi connectivity index (χ1n) is 3.82. The van der Waals surface area contributed by atoms with Gasteiger partial charge in [0.25, 0.3) is 0 Å². The Hall–Kier alpha value is -1.11. The van der Waals surface area contributed by atoms with Crippen LogP contribution in [0.3, 0.4) is 0 Å². The predicted molar refractivity (Wildman–Crippen MR) is 36.1 cm³/mol. The van der Waals surface area contributed by atoms with E-state index in [9.17, 15) is 22.8 Å². The van der Waals surface area contributed by atoms with Gasteiger partial charge in [-0.25, -0.2) is 4.79 Å². The van der Waals surface area contributed by atoms with Gasteiger partial charge in [-0.1, -0.05) is 0 Å². The SMILES string of the molecule is O=C(OC(=O)C(F)(F)F)C1CCOC1. The topological polar surface area (TPSA) is 52.6 Å². The number of rotatable bonds is 1. The third-order valence-corrected chi connectivity index (χ3v) is 1.69. The Balaban J connectivity index is 2.44. The summed E-state index contributed by atoms with van der Waals surface area (Å²) in [6, 6.07) is 0. The normalized spacial score (nSPS) is 22.1. The summed E-state index contributed by atoms with van der Waals surface area (Å²) in [5, 5.41) is 0. The summed E-state index contributed by atoms with van der Waals surface area (Å²) in [5.41, 5.74) is 0. The lowest BCUT2D eigenvalue weighted by atomic mass is 10.1. The number of alkyl halides is 3. The molecule has 0 amide bonds. The van der Waals surface area contributed by atoms with E-state index in [0.29, 0.717) is 6.61 Å². The van der Waals surface area contributed by atoms with Gasteiger partial charge in [0.2, 0.25) is 0 Å². The highest BCUT2D eigenvalue weighted by molar-refractivity contribution is 5.89. The fraction of sp³-hybridized carbons (Fsp3) is 0.714. The summed E-state index contributed by atoms with van der Waals surface area (Å²) in [5.74, 6) is -4.42. The van der Waals surface area contributed by atoms with Gasteiger partial charge >= 0.3 is 18.1 Å². The Kier molecular flexibility index (Phi) is 3.10. The molecule has 4 nitrogen and oxygen atoms in total. The van der Waals surface area contributed by atoms with Crippen LogP contribution in [0, 0.1) is 5.92 Å². The van der Waals surface area contributed by atoms with Gasteiger partial charge in [0, 0.05) is 6.61 Å². The van der Waals surface area contributed by atoms with Crippen LogP contribution in [0.25, 0.3) is 0 Å². The number of carbonyl (C=O) groups is 2. The maximum Gasteiger partial charge on any atom is 0.491 e. The lowest BCUT2D eigenvalue weighted by molar-refractivity contribution is -0.203. The van der Waals surface area contributed by atoms with E-state index in [0.717, 1.165) is 0 Å². The number of esters is 2. The summed E-state index contributed by atoms with van der Waals surface area (Å²) >= 11 is 0. The van der Waals surface area contributed by atoms with Crippen LogP contribution >= 0.6 is 0 Å². The van der Waals surface area contributed by atoms with Crippen LogP contribution in [0.1, 0.15) is 6.42 Å². The Morgan fingerprint density at radius 2 is 2.00 bits per heavy atom. The molecule has 0 N–H and O–H groups in total. The first-order chi connectivity index (χ1) is 6.41. The van der Waals surface area contributed by atoms with Gasteiger partial charge in [-0.05, 0) is 6.42 Å².